The summed E-state index contributed by atoms with van der Waals surface area (Å²) < 4.78 is 45.0. The number of halogens is 1. The Morgan fingerprint density at radius 2 is 1.56 bits per heavy atom. The summed E-state index contributed by atoms with van der Waals surface area (Å²) in [4.78, 5) is 27.5. The molecule has 0 aromatic rings. The highest BCUT2D eigenvalue weighted by atomic mass is 32.2. The first-order valence-corrected chi connectivity index (χ1v) is 23.7. The number of aliphatic carboxylic acids is 1. The number of alkyl halides is 1. The number of nitrogens with one attached hydrogen (secondary N) is 1. The SMILES string of the molecule is C=C(C)[C@@H]1CC[C@]2(NCC[C@@H](CF)N3CCS(=O)(=O)CC3)CC[C@]3(C)[C@H](CC[C@@H]4[C@@]5(C)CC[C@H](OC(=O)[C@H]6C[C@@H](C(=O)O)C6(C)C)C(C)(C)[C@@H]5CC[C@]43C)[C@@H]12. The maximum atomic E-state index is 14.4. The molecule has 1 saturated heterocycles. The number of allylic oxidation sites excluding steroid dienone is 1. The van der Waals surface area contributed by atoms with E-state index in [2.05, 4.69) is 58.3 Å². The number of rotatable bonds is 10. The number of esters is 1. The topological polar surface area (TPSA) is 113 Å². The van der Waals surface area contributed by atoms with Gasteiger partial charge in [0.2, 0.25) is 0 Å². The number of ether oxygens (including phenoxy) is 1. The lowest BCUT2D eigenvalue weighted by Crippen LogP contribution is -2.69. The van der Waals surface area contributed by atoms with Crippen molar-refractivity contribution in [2.24, 2.45) is 68.5 Å². The van der Waals surface area contributed by atoms with E-state index in [1.807, 2.05) is 13.8 Å². The summed E-state index contributed by atoms with van der Waals surface area (Å²) in [5.74, 6) is 0.940. The highest BCUT2D eigenvalue weighted by Crippen LogP contribution is 2.76. The summed E-state index contributed by atoms with van der Waals surface area (Å²) in [5.41, 5.74) is 1.06. The Morgan fingerprint density at radius 3 is 2.18 bits per heavy atom. The van der Waals surface area contributed by atoms with E-state index in [0.717, 1.165) is 45.1 Å². The first-order chi connectivity index (χ1) is 25.6. The number of hydrogen-bond acceptors (Lipinski definition) is 7. The second-order valence-electron chi connectivity index (χ2n) is 21.8. The number of carbonyl (C=O) groups is 2. The smallest absolute Gasteiger partial charge is 0.309 e. The van der Waals surface area contributed by atoms with E-state index in [1.54, 1.807) is 0 Å². The number of nitrogens with zero attached hydrogens (tertiary/aromatic N) is 1. The Labute approximate surface area is 331 Å². The van der Waals surface area contributed by atoms with E-state index < -0.39 is 33.8 Å². The van der Waals surface area contributed by atoms with Gasteiger partial charge in [-0.25, -0.2) is 12.8 Å². The molecule has 1 heterocycles. The zero-order valence-corrected chi connectivity index (χ0v) is 36.2. The van der Waals surface area contributed by atoms with Crippen LogP contribution in [0.15, 0.2) is 12.2 Å². The summed E-state index contributed by atoms with van der Waals surface area (Å²) >= 11 is 0. The molecule has 7 aliphatic rings. The second kappa shape index (κ2) is 14.1. The number of fused-ring (bicyclic) bond motifs is 7. The van der Waals surface area contributed by atoms with Gasteiger partial charge >= 0.3 is 11.9 Å². The molecule has 6 aliphatic carbocycles. The number of carbonyl (C=O) groups excluding carboxylic acids is 1. The van der Waals surface area contributed by atoms with Crippen LogP contribution in [-0.4, -0.2) is 85.9 Å². The molecule has 55 heavy (non-hydrogen) atoms. The largest absolute Gasteiger partial charge is 0.481 e. The number of carboxylic acids is 1. The van der Waals surface area contributed by atoms with Gasteiger partial charge in [-0.1, -0.05) is 60.6 Å². The molecule has 0 unspecified atom stereocenters. The van der Waals surface area contributed by atoms with Crippen LogP contribution in [0.4, 0.5) is 4.39 Å². The third-order valence-corrected chi connectivity index (χ3v) is 20.8. The van der Waals surface area contributed by atoms with Gasteiger partial charge < -0.3 is 15.2 Å². The van der Waals surface area contributed by atoms with Crippen molar-refractivity contribution in [2.45, 2.75) is 150 Å². The molecule has 312 valence electrons. The van der Waals surface area contributed by atoms with Gasteiger partial charge in [0.25, 0.3) is 0 Å². The minimum Gasteiger partial charge on any atom is -0.481 e. The van der Waals surface area contributed by atoms with Gasteiger partial charge in [-0.15, -0.1) is 0 Å². The van der Waals surface area contributed by atoms with E-state index in [1.165, 1.54) is 31.3 Å². The van der Waals surface area contributed by atoms with E-state index in [0.29, 0.717) is 55.5 Å². The van der Waals surface area contributed by atoms with Crippen LogP contribution in [0, 0.1) is 68.5 Å². The molecule has 0 bridgehead atoms. The van der Waals surface area contributed by atoms with Crippen molar-refractivity contribution in [1.82, 2.24) is 10.2 Å². The van der Waals surface area contributed by atoms with Gasteiger partial charge in [0, 0.05) is 30.1 Å². The highest BCUT2D eigenvalue weighted by Gasteiger charge is 2.71. The summed E-state index contributed by atoms with van der Waals surface area (Å²) in [6, 6.07) is -0.243. The number of hydrogen-bond donors (Lipinski definition) is 2. The molecule has 1 aliphatic heterocycles. The molecule has 7 rings (SSSR count). The van der Waals surface area contributed by atoms with Crippen LogP contribution in [0.3, 0.4) is 0 Å². The predicted molar refractivity (Wildman–Crippen MR) is 215 cm³/mol. The quantitative estimate of drug-likeness (QED) is 0.169. The molecule has 2 N–H and O–H groups in total. The summed E-state index contributed by atoms with van der Waals surface area (Å²) in [7, 11) is -3.01. The number of carboxylic acid groups (broad SMARTS) is 1. The molecular weight excluding hydrogens is 716 g/mol. The zero-order chi connectivity index (χ0) is 40.1. The maximum absolute atomic E-state index is 14.4. The molecule has 13 atom stereocenters. The van der Waals surface area contributed by atoms with Crippen molar-refractivity contribution in [2.75, 3.05) is 37.8 Å². The van der Waals surface area contributed by atoms with E-state index in [9.17, 15) is 27.5 Å². The Balaban J connectivity index is 1.07. The lowest BCUT2D eigenvalue weighted by Gasteiger charge is -2.73. The van der Waals surface area contributed by atoms with Crippen LogP contribution in [0.1, 0.15) is 132 Å². The fourth-order valence-electron chi connectivity index (χ4n) is 15.5. The average Bonchev–Trinajstić information content (AvgIpc) is 3.48. The van der Waals surface area contributed by atoms with Crippen LogP contribution in [0.2, 0.25) is 0 Å². The molecule has 8 nitrogen and oxygen atoms in total. The zero-order valence-electron chi connectivity index (χ0n) is 35.4. The van der Waals surface area contributed by atoms with E-state index in [-0.39, 0.29) is 62.7 Å². The van der Waals surface area contributed by atoms with Crippen LogP contribution >= 0.6 is 0 Å². The van der Waals surface area contributed by atoms with Crippen LogP contribution in [0.25, 0.3) is 0 Å². The van der Waals surface area contributed by atoms with Gasteiger partial charge in [0.15, 0.2) is 9.84 Å². The van der Waals surface area contributed by atoms with Gasteiger partial charge in [-0.2, -0.15) is 0 Å². The summed E-state index contributed by atoms with van der Waals surface area (Å²) in [6.45, 7) is 24.3. The van der Waals surface area contributed by atoms with E-state index in [4.69, 9.17) is 4.74 Å². The molecule has 6 saturated carbocycles. The predicted octanol–water partition coefficient (Wildman–Crippen LogP) is 8.10. The second-order valence-corrected chi connectivity index (χ2v) is 24.1. The first kappa shape index (κ1) is 41.6. The van der Waals surface area contributed by atoms with Crippen LogP contribution in [-0.2, 0) is 24.2 Å². The molecule has 0 spiro atoms. The van der Waals surface area contributed by atoms with Crippen molar-refractivity contribution in [1.29, 1.82) is 0 Å². The van der Waals surface area contributed by atoms with Crippen molar-refractivity contribution in [3.05, 3.63) is 12.2 Å². The first-order valence-electron chi connectivity index (χ1n) is 21.9. The van der Waals surface area contributed by atoms with Gasteiger partial charge in [-0.05, 0) is 142 Å². The molecule has 0 aromatic heterocycles. The number of sulfone groups is 1. The minimum absolute atomic E-state index is 0.0214. The Hall–Kier alpha value is -1.52. The summed E-state index contributed by atoms with van der Waals surface area (Å²) in [6.07, 6.45) is 12.1. The third-order valence-electron chi connectivity index (χ3n) is 19.1. The van der Waals surface area contributed by atoms with Crippen molar-refractivity contribution < 1.29 is 32.2 Å². The Kier molecular flexibility index (Phi) is 10.6. The van der Waals surface area contributed by atoms with Crippen molar-refractivity contribution >= 4 is 21.8 Å². The molecule has 0 radical (unpaired) electrons. The van der Waals surface area contributed by atoms with Crippen molar-refractivity contribution in [3.8, 4) is 0 Å². The lowest BCUT2D eigenvalue weighted by atomic mass is 9.32. The normalized spacial score (nSPS) is 46.1. The lowest BCUT2D eigenvalue weighted by molar-refractivity contribution is -0.248. The maximum Gasteiger partial charge on any atom is 0.309 e. The van der Waals surface area contributed by atoms with Gasteiger partial charge in [0.1, 0.15) is 12.8 Å². The molecule has 7 fully saturated rings. The molecular formula is C45H73FN2O6S. The van der Waals surface area contributed by atoms with Crippen LogP contribution in [0.5, 0.6) is 0 Å². The molecule has 10 heteroatoms. The monoisotopic (exact) mass is 789 g/mol. The average molecular weight is 789 g/mol. The van der Waals surface area contributed by atoms with Gasteiger partial charge in [-0.3, -0.25) is 14.5 Å². The van der Waals surface area contributed by atoms with E-state index >= 15 is 0 Å². The fourth-order valence-corrected chi connectivity index (χ4v) is 16.8. The standard InChI is InChI=1S/C45H73FN2O6S/c1-28(2)30-12-18-45(47-21-15-29(27-46)48-22-24-55(52,53)25-23-48)20-19-43(8)31(37(30)45)10-11-35-42(7)16-14-36(41(5,6)34(42)13-17-44(35,43)9)54-39(51)33-26-32(38(49)50)40(33,3)4/h29-37,47H,1,10-27H2,2-9H3,(H,49,50)/t29-,30-,31+,32-,33+,34-,35+,36-,37+,42-,43+,44+,45-/m0/s1. The Morgan fingerprint density at radius 1 is 0.873 bits per heavy atom. The minimum atomic E-state index is -3.01. The third kappa shape index (κ3) is 6.41. The van der Waals surface area contributed by atoms with Crippen molar-refractivity contribution in [3.63, 3.8) is 0 Å². The summed E-state index contributed by atoms with van der Waals surface area (Å²) in [5, 5.41) is 13.8. The Bertz CT molecular complexity index is 1630. The molecule has 0 amide bonds. The fraction of sp³-hybridized carbons (Fsp3) is 0.911. The highest BCUT2D eigenvalue weighted by molar-refractivity contribution is 7.91. The van der Waals surface area contributed by atoms with Crippen LogP contribution < -0.4 is 5.32 Å². The van der Waals surface area contributed by atoms with Gasteiger partial charge in [0.05, 0.1) is 23.3 Å². The molecule has 0 aromatic carbocycles.